The summed E-state index contributed by atoms with van der Waals surface area (Å²) in [6.45, 7) is 10.9. The van der Waals surface area contributed by atoms with Crippen LogP contribution in [-0.4, -0.2) is 53.7 Å². The van der Waals surface area contributed by atoms with Crippen molar-refractivity contribution in [3.63, 3.8) is 0 Å². The molecule has 1 fully saturated rings. The Kier molecular flexibility index (Phi) is 8.68. The first-order valence-corrected chi connectivity index (χ1v) is 11.3. The number of benzene rings is 1. The molecule has 1 saturated heterocycles. The Bertz CT molecular complexity index is 767. The van der Waals surface area contributed by atoms with Gasteiger partial charge in [-0.2, -0.15) is 4.98 Å². The van der Waals surface area contributed by atoms with Crippen molar-refractivity contribution in [2.45, 2.75) is 58.4 Å². The van der Waals surface area contributed by atoms with E-state index in [9.17, 15) is 0 Å². The molecule has 2 N–H and O–H groups in total. The third kappa shape index (κ3) is 6.55. The monoisotopic (exact) mass is 412 g/mol. The van der Waals surface area contributed by atoms with Crippen molar-refractivity contribution in [1.82, 2.24) is 25.7 Å². The number of rotatable bonds is 10. The van der Waals surface area contributed by atoms with Crippen LogP contribution in [0.4, 0.5) is 0 Å². The smallest absolute Gasteiger partial charge is 0.226 e. The maximum Gasteiger partial charge on any atom is 0.226 e. The molecule has 0 saturated carbocycles. The first-order valence-electron chi connectivity index (χ1n) is 11.3. The Labute approximate surface area is 180 Å². The molecular formula is C23H36N6O. The highest BCUT2D eigenvalue weighted by Gasteiger charge is 2.23. The minimum absolute atomic E-state index is 0.293. The van der Waals surface area contributed by atoms with Gasteiger partial charge in [-0.3, -0.25) is 9.89 Å². The number of hydrogen-bond donors (Lipinski definition) is 2. The average Bonchev–Trinajstić information content (AvgIpc) is 3.44. The van der Waals surface area contributed by atoms with E-state index < -0.39 is 0 Å². The highest BCUT2D eigenvalue weighted by molar-refractivity contribution is 5.79. The third-order valence-electron chi connectivity index (χ3n) is 5.39. The van der Waals surface area contributed by atoms with Gasteiger partial charge < -0.3 is 15.2 Å². The molecule has 7 nitrogen and oxygen atoms in total. The Balaban J connectivity index is 1.54. The lowest BCUT2D eigenvalue weighted by molar-refractivity contribution is 0.251. The van der Waals surface area contributed by atoms with Crippen molar-refractivity contribution in [2.75, 3.05) is 32.7 Å². The predicted molar refractivity (Wildman–Crippen MR) is 121 cm³/mol. The molecule has 2 heterocycles. The molecule has 1 aromatic carbocycles. The van der Waals surface area contributed by atoms with Crippen LogP contribution in [0.3, 0.4) is 0 Å². The van der Waals surface area contributed by atoms with Gasteiger partial charge in [-0.15, -0.1) is 0 Å². The van der Waals surface area contributed by atoms with E-state index in [1.165, 1.54) is 18.4 Å². The summed E-state index contributed by atoms with van der Waals surface area (Å²) in [6.07, 6.45) is 4.24. The van der Waals surface area contributed by atoms with Gasteiger partial charge in [0.05, 0.1) is 12.6 Å². The summed E-state index contributed by atoms with van der Waals surface area (Å²) in [7, 11) is 0. The van der Waals surface area contributed by atoms with Crippen LogP contribution in [0.5, 0.6) is 0 Å². The van der Waals surface area contributed by atoms with Gasteiger partial charge in [-0.1, -0.05) is 49.3 Å². The van der Waals surface area contributed by atoms with Gasteiger partial charge in [0.2, 0.25) is 5.89 Å². The summed E-state index contributed by atoms with van der Waals surface area (Å²) in [5, 5.41) is 10.8. The van der Waals surface area contributed by atoms with Crippen LogP contribution in [0.15, 0.2) is 39.8 Å². The second-order valence-electron chi connectivity index (χ2n) is 8.12. The Morgan fingerprint density at radius 2 is 1.93 bits per heavy atom. The van der Waals surface area contributed by atoms with E-state index in [1.807, 2.05) is 0 Å². The van der Waals surface area contributed by atoms with E-state index in [0.29, 0.717) is 17.9 Å². The molecule has 2 aromatic rings. The lowest BCUT2D eigenvalue weighted by atomic mass is 10.1. The van der Waals surface area contributed by atoms with Crippen LogP contribution in [0.1, 0.15) is 69.3 Å². The minimum Gasteiger partial charge on any atom is -0.357 e. The summed E-state index contributed by atoms with van der Waals surface area (Å²) in [4.78, 5) is 11.9. The molecule has 0 aliphatic carbocycles. The summed E-state index contributed by atoms with van der Waals surface area (Å²) in [5.74, 6) is 2.65. The molecule has 164 valence electrons. The number of aromatic nitrogens is 2. The van der Waals surface area contributed by atoms with Gasteiger partial charge in [-0.05, 0) is 44.8 Å². The van der Waals surface area contributed by atoms with E-state index in [2.05, 4.69) is 76.8 Å². The van der Waals surface area contributed by atoms with E-state index in [0.717, 1.165) is 57.3 Å². The van der Waals surface area contributed by atoms with Crippen molar-refractivity contribution in [1.29, 1.82) is 0 Å². The zero-order chi connectivity index (χ0) is 21.2. The number of aliphatic imine (C=N–C) groups is 1. The summed E-state index contributed by atoms with van der Waals surface area (Å²) >= 11 is 0. The third-order valence-corrected chi connectivity index (χ3v) is 5.39. The Morgan fingerprint density at radius 3 is 2.60 bits per heavy atom. The number of nitrogens with one attached hydrogen (secondary N) is 2. The Morgan fingerprint density at radius 1 is 1.17 bits per heavy atom. The molecule has 30 heavy (non-hydrogen) atoms. The zero-order valence-corrected chi connectivity index (χ0v) is 18.6. The second-order valence-corrected chi connectivity index (χ2v) is 8.12. The highest BCUT2D eigenvalue weighted by Crippen LogP contribution is 2.25. The number of guanidine groups is 1. The van der Waals surface area contributed by atoms with E-state index in [-0.39, 0.29) is 0 Å². The second kappa shape index (κ2) is 11.7. The number of aryl methyl sites for hydroxylation is 1. The topological polar surface area (TPSA) is 78.6 Å². The molecule has 0 radical (unpaired) electrons. The molecule has 1 aliphatic rings. The predicted octanol–water partition coefficient (Wildman–Crippen LogP) is 3.52. The van der Waals surface area contributed by atoms with E-state index in [4.69, 9.17) is 9.52 Å². The standard InChI is InChI=1S/C23H36N6O/c1-4-24-23(25-14-10-13-21-27-22(18(2)3)28-30-21)26-17-20(29-15-8-9-16-29)19-11-6-5-7-12-19/h5-7,11-12,18,20H,4,8-10,13-17H2,1-3H3,(H2,24,25,26). The maximum atomic E-state index is 5.33. The molecule has 0 bridgehead atoms. The van der Waals surface area contributed by atoms with Crippen molar-refractivity contribution in [3.05, 3.63) is 47.6 Å². The number of likely N-dealkylation sites (tertiary alicyclic amines) is 1. The van der Waals surface area contributed by atoms with Crippen LogP contribution in [0.25, 0.3) is 0 Å². The SMILES string of the molecule is CCNC(=NCC(c1ccccc1)N1CCCC1)NCCCc1nc(C(C)C)no1. The van der Waals surface area contributed by atoms with Crippen LogP contribution >= 0.6 is 0 Å². The van der Waals surface area contributed by atoms with Crippen LogP contribution < -0.4 is 10.6 Å². The van der Waals surface area contributed by atoms with Crippen molar-refractivity contribution < 1.29 is 4.52 Å². The van der Waals surface area contributed by atoms with Gasteiger partial charge in [0, 0.05) is 25.4 Å². The fourth-order valence-electron chi connectivity index (χ4n) is 3.73. The number of nitrogens with zero attached hydrogens (tertiary/aromatic N) is 4. The molecule has 0 amide bonds. The summed E-state index contributed by atoms with van der Waals surface area (Å²) in [6, 6.07) is 11.1. The fourth-order valence-corrected chi connectivity index (χ4v) is 3.73. The normalized spacial score (nSPS) is 16.2. The van der Waals surface area contributed by atoms with Crippen LogP contribution in [0.2, 0.25) is 0 Å². The van der Waals surface area contributed by atoms with Crippen LogP contribution in [-0.2, 0) is 6.42 Å². The zero-order valence-electron chi connectivity index (χ0n) is 18.6. The van der Waals surface area contributed by atoms with Gasteiger partial charge in [-0.25, -0.2) is 0 Å². The lowest BCUT2D eigenvalue weighted by Gasteiger charge is -2.27. The molecule has 1 atom stereocenters. The Hall–Kier alpha value is -2.41. The largest absolute Gasteiger partial charge is 0.357 e. The molecule has 7 heteroatoms. The van der Waals surface area contributed by atoms with Gasteiger partial charge in [0.25, 0.3) is 0 Å². The minimum atomic E-state index is 0.293. The summed E-state index contributed by atoms with van der Waals surface area (Å²) in [5.41, 5.74) is 1.34. The highest BCUT2D eigenvalue weighted by atomic mass is 16.5. The van der Waals surface area contributed by atoms with Crippen LogP contribution in [0, 0.1) is 0 Å². The van der Waals surface area contributed by atoms with Gasteiger partial charge in [0.1, 0.15) is 0 Å². The molecule has 1 aromatic heterocycles. The maximum absolute atomic E-state index is 5.33. The molecular weight excluding hydrogens is 376 g/mol. The fraction of sp³-hybridized carbons (Fsp3) is 0.609. The first-order chi connectivity index (χ1) is 14.7. The van der Waals surface area contributed by atoms with Gasteiger partial charge in [0.15, 0.2) is 11.8 Å². The average molecular weight is 413 g/mol. The first kappa shape index (κ1) is 22.3. The van der Waals surface area contributed by atoms with E-state index >= 15 is 0 Å². The molecule has 1 aliphatic heterocycles. The molecule has 1 unspecified atom stereocenters. The van der Waals surface area contributed by atoms with Crippen molar-refractivity contribution in [3.8, 4) is 0 Å². The molecule has 3 rings (SSSR count). The number of hydrogen-bond acceptors (Lipinski definition) is 5. The van der Waals surface area contributed by atoms with Crippen molar-refractivity contribution >= 4 is 5.96 Å². The quantitative estimate of drug-likeness (QED) is 0.353. The van der Waals surface area contributed by atoms with Gasteiger partial charge >= 0.3 is 0 Å². The van der Waals surface area contributed by atoms with Crippen molar-refractivity contribution in [2.24, 2.45) is 4.99 Å². The lowest BCUT2D eigenvalue weighted by Crippen LogP contribution is -2.39. The summed E-state index contributed by atoms with van der Waals surface area (Å²) < 4.78 is 5.33. The van der Waals surface area contributed by atoms with E-state index in [1.54, 1.807) is 0 Å². The molecule has 0 spiro atoms.